The van der Waals surface area contributed by atoms with Gasteiger partial charge in [-0.2, -0.15) is 0 Å². The zero-order valence-corrected chi connectivity index (χ0v) is 19.0. The molecule has 0 atom stereocenters. The lowest BCUT2D eigenvalue weighted by atomic mass is 9.65. The number of aryl methyl sites for hydroxylation is 1. The molecule has 4 amide bonds. The van der Waals surface area contributed by atoms with Crippen LogP contribution < -0.4 is 5.32 Å². The van der Waals surface area contributed by atoms with Crippen molar-refractivity contribution in [3.05, 3.63) is 35.4 Å². The van der Waals surface area contributed by atoms with Crippen molar-refractivity contribution < 1.29 is 14.4 Å². The number of hydrogen-bond acceptors (Lipinski definition) is 3. The molecule has 1 saturated carbocycles. The molecule has 1 aromatic carbocycles. The molecule has 164 valence electrons. The van der Waals surface area contributed by atoms with Gasteiger partial charge in [0, 0.05) is 13.6 Å². The first-order chi connectivity index (χ1) is 14.1. The van der Waals surface area contributed by atoms with E-state index in [1.54, 1.807) is 11.9 Å². The molecule has 1 N–H and O–H groups in total. The maximum absolute atomic E-state index is 13.2. The average molecular weight is 414 g/mol. The highest BCUT2D eigenvalue weighted by molar-refractivity contribution is 6.09. The fourth-order valence-corrected chi connectivity index (χ4v) is 4.73. The molecule has 1 aromatic rings. The van der Waals surface area contributed by atoms with Crippen LogP contribution in [0, 0.1) is 18.3 Å². The van der Waals surface area contributed by atoms with Crippen LogP contribution in [-0.4, -0.2) is 46.8 Å². The van der Waals surface area contributed by atoms with Gasteiger partial charge in [0.1, 0.15) is 12.1 Å². The molecule has 0 aromatic heterocycles. The zero-order chi connectivity index (χ0) is 22.1. The van der Waals surface area contributed by atoms with Gasteiger partial charge in [0.2, 0.25) is 5.91 Å². The van der Waals surface area contributed by atoms with E-state index in [-0.39, 0.29) is 23.8 Å². The second-order valence-electron chi connectivity index (χ2n) is 9.70. The monoisotopic (exact) mass is 413 g/mol. The number of urea groups is 1. The molecule has 1 heterocycles. The highest BCUT2D eigenvalue weighted by atomic mass is 16.2. The summed E-state index contributed by atoms with van der Waals surface area (Å²) < 4.78 is 0. The topological polar surface area (TPSA) is 69.7 Å². The maximum atomic E-state index is 13.2. The van der Waals surface area contributed by atoms with E-state index in [9.17, 15) is 14.4 Å². The van der Waals surface area contributed by atoms with Crippen LogP contribution in [0.3, 0.4) is 0 Å². The first-order valence-electron chi connectivity index (χ1n) is 11.0. The number of carbonyl (C=O) groups is 3. The van der Waals surface area contributed by atoms with Crippen molar-refractivity contribution in [3.63, 3.8) is 0 Å². The Morgan fingerprint density at radius 1 is 1.23 bits per heavy atom. The Morgan fingerprint density at radius 3 is 2.47 bits per heavy atom. The number of likely N-dealkylation sites (N-methyl/N-ethyl adjacent to an activating group) is 1. The quantitative estimate of drug-likeness (QED) is 0.720. The van der Waals surface area contributed by atoms with Gasteiger partial charge < -0.3 is 10.2 Å². The summed E-state index contributed by atoms with van der Waals surface area (Å²) >= 11 is 0. The lowest BCUT2D eigenvalue weighted by molar-refractivity contribution is -0.139. The van der Waals surface area contributed by atoms with Crippen LogP contribution in [0.5, 0.6) is 0 Å². The number of imide groups is 1. The predicted octanol–water partition coefficient (Wildman–Crippen LogP) is 3.87. The summed E-state index contributed by atoms with van der Waals surface area (Å²) in [5.74, 6) is 0.0752. The number of nitrogens with one attached hydrogen (secondary N) is 1. The standard InChI is InChI=1S/C24H35N3O3/c1-6-23(3,4)19-11-13-24(14-12-19)21(29)27(22(30)25-24)16-20(28)26(5)15-18-10-8-7-9-17(18)2/h7-10,19H,6,11-16H2,1-5H3,(H,25,30). The third-order valence-electron chi connectivity index (χ3n) is 7.49. The van der Waals surface area contributed by atoms with Crippen molar-refractivity contribution in [2.75, 3.05) is 13.6 Å². The Hall–Kier alpha value is -2.37. The normalized spacial score (nSPS) is 24.3. The number of nitrogens with zero attached hydrogens (tertiary/aromatic N) is 2. The number of rotatable bonds is 6. The lowest BCUT2D eigenvalue weighted by Gasteiger charge is -2.42. The molecular weight excluding hydrogens is 378 g/mol. The van der Waals surface area contributed by atoms with Gasteiger partial charge in [0.05, 0.1) is 0 Å². The number of carbonyl (C=O) groups excluding carboxylic acids is 3. The van der Waals surface area contributed by atoms with Crippen LogP contribution in [0.15, 0.2) is 24.3 Å². The van der Waals surface area contributed by atoms with Crippen LogP contribution in [0.1, 0.15) is 64.0 Å². The van der Waals surface area contributed by atoms with Gasteiger partial charge in [0.15, 0.2) is 0 Å². The smallest absolute Gasteiger partial charge is 0.325 e. The average Bonchev–Trinajstić information content (AvgIpc) is 2.94. The predicted molar refractivity (Wildman–Crippen MR) is 117 cm³/mol. The molecule has 3 rings (SSSR count). The number of benzene rings is 1. The van der Waals surface area contributed by atoms with Gasteiger partial charge in [-0.3, -0.25) is 14.5 Å². The molecule has 1 aliphatic carbocycles. The molecule has 1 spiro atoms. The van der Waals surface area contributed by atoms with E-state index in [1.165, 1.54) is 0 Å². The molecular formula is C24H35N3O3. The molecule has 0 unspecified atom stereocenters. The van der Waals surface area contributed by atoms with Crippen LogP contribution in [0.25, 0.3) is 0 Å². The highest BCUT2D eigenvalue weighted by Crippen LogP contribution is 2.45. The van der Waals surface area contributed by atoms with E-state index < -0.39 is 11.6 Å². The number of amides is 4. The minimum absolute atomic E-state index is 0.210. The fourth-order valence-electron chi connectivity index (χ4n) is 4.73. The van der Waals surface area contributed by atoms with E-state index in [0.717, 1.165) is 35.3 Å². The summed E-state index contributed by atoms with van der Waals surface area (Å²) in [5, 5.41) is 2.93. The molecule has 6 nitrogen and oxygen atoms in total. The minimum Gasteiger partial charge on any atom is -0.340 e. The third-order valence-corrected chi connectivity index (χ3v) is 7.49. The van der Waals surface area contributed by atoms with E-state index >= 15 is 0 Å². The van der Waals surface area contributed by atoms with Crippen molar-refractivity contribution >= 4 is 17.8 Å². The first-order valence-corrected chi connectivity index (χ1v) is 11.0. The van der Waals surface area contributed by atoms with Crippen LogP contribution >= 0.6 is 0 Å². The Bertz CT molecular complexity index is 825. The summed E-state index contributed by atoms with van der Waals surface area (Å²) in [6, 6.07) is 7.45. The van der Waals surface area contributed by atoms with Gasteiger partial charge in [-0.25, -0.2) is 4.79 Å². The molecule has 1 aliphatic heterocycles. The first kappa shape index (κ1) is 22.3. The Labute approximate surface area is 180 Å². The van der Waals surface area contributed by atoms with Crippen molar-refractivity contribution in [1.82, 2.24) is 15.1 Å². The molecule has 30 heavy (non-hydrogen) atoms. The summed E-state index contributed by atoms with van der Waals surface area (Å²) in [6.45, 7) is 9.01. The third kappa shape index (κ3) is 4.23. The van der Waals surface area contributed by atoms with Gasteiger partial charge >= 0.3 is 6.03 Å². The fraction of sp³-hybridized carbons (Fsp3) is 0.625. The SMILES string of the molecule is CCC(C)(C)C1CCC2(CC1)NC(=O)N(CC(=O)N(C)Cc1ccccc1C)C2=O. The molecule has 1 saturated heterocycles. The van der Waals surface area contributed by atoms with Gasteiger partial charge in [-0.15, -0.1) is 0 Å². The summed E-state index contributed by atoms with van der Waals surface area (Å²) in [4.78, 5) is 41.2. The molecule has 2 aliphatic rings. The van der Waals surface area contributed by atoms with Crippen LogP contribution in [0.2, 0.25) is 0 Å². The Balaban J connectivity index is 1.63. The van der Waals surface area contributed by atoms with E-state index in [2.05, 4.69) is 26.1 Å². The highest BCUT2D eigenvalue weighted by Gasteiger charge is 2.53. The van der Waals surface area contributed by atoms with E-state index in [4.69, 9.17) is 0 Å². The van der Waals surface area contributed by atoms with Crippen molar-refractivity contribution in [1.29, 1.82) is 0 Å². The lowest BCUT2D eigenvalue weighted by Crippen LogP contribution is -2.51. The molecule has 0 bridgehead atoms. The van der Waals surface area contributed by atoms with Gasteiger partial charge in [-0.1, -0.05) is 51.5 Å². The zero-order valence-electron chi connectivity index (χ0n) is 19.0. The Morgan fingerprint density at radius 2 is 1.87 bits per heavy atom. The molecule has 0 radical (unpaired) electrons. The Kier molecular flexibility index (Phi) is 6.25. The molecule has 2 fully saturated rings. The van der Waals surface area contributed by atoms with Gasteiger partial charge in [0.25, 0.3) is 5.91 Å². The van der Waals surface area contributed by atoms with Crippen molar-refractivity contribution in [2.45, 2.75) is 71.9 Å². The van der Waals surface area contributed by atoms with Crippen LogP contribution in [0.4, 0.5) is 4.79 Å². The summed E-state index contributed by atoms with van der Waals surface area (Å²) in [6.07, 6.45) is 4.23. The summed E-state index contributed by atoms with van der Waals surface area (Å²) in [5.41, 5.74) is 1.57. The molecule has 6 heteroatoms. The minimum atomic E-state index is -0.827. The maximum Gasteiger partial charge on any atom is 0.325 e. The largest absolute Gasteiger partial charge is 0.340 e. The summed E-state index contributed by atoms with van der Waals surface area (Å²) in [7, 11) is 1.71. The van der Waals surface area contributed by atoms with Gasteiger partial charge in [-0.05, 0) is 55.1 Å². The van der Waals surface area contributed by atoms with Crippen molar-refractivity contribution in [3.8, 4) is 0 Å². The van der Waals surface area contributed by atoms with Crippen molar-refractivity contribution in [2.24, 2.45) is 11.3 Å². The second kappa shape index (κ2) is 8.40. The van der Waals surface area contributed by atoms with Crippen LogP contribution in [-0.2, 0) is 16.1 Å². The second-order valence-corrected chi connectivity index (χ2v) is 9.70. The van der Waals surface area contributed by atoms with E-state index in [1.807, 2.05) is 31.2 Å². The van der Waals surface area contributed by atoms with E-state index in [0.29, 0.717) is 25.3 Å². The number of hydrogen-bond donors (Lipinski definition) is 1.